The summed E-state index contributed by atoms with van der Waals surface area (Å²) in [5.74, 6) is 1.49. The number of carbonyl (C=O) groups excluding carboxylic acids is 1. The Morgan fingerprint density at radius 2 is 1.86 bits per heavy atom. The second kappa shape index (κ2) is 8.13. The van der Waals surface area contributed by atoms with Crippen molar-refractivity contribution in [2.45, 2.75) is 45.1 Å². The van der Waals surface area contributed by atoms with E-state index in [4.69, 9.17) is 9.47 Å². The number of ether oxygens (including phenoxy) is 2. The van der Waals surface area contributed by atoms with Gasteiger partial charge in [-0.2, -0.15) is 0 Å². The fraction of sp³-hybridized carbons (Fsp3) is 0.435. The zero-order valence-corrected chi connectivity index (χ0v) is 17.4. The van der Waals surface area contributed by atoms with Crippen LogP contribution >= 0.6 is 0 Å². The van der Waals surface area contributed by atoms with Gasteiger partial charge in [0.2, 0.25) is 0 Å². The highest BCUT2D eigenvalue weighted by molar-refractivity contribution is 5.91. The number of anilines is 1. The molecule has 1 fully saturated rings. The zero-order valence-electron chi connectivity index (χ0n) is 17.4. The van der Waals surface area contributed by atoms with Gasteiger partial charge in [-0.05, 0) is 42.0 Å². The summed E-state index contributed by atoms with van der Waals surface area (Å²) in [5.41, 5.74) is 2.96. The predicted molar refractivity (Wildman–Crippen MR) is 112 cm³/mol. The van der Waals surface area contributed by atoms with Gasteiger partial charge in [0.1, 0.15) is 11.5 Å². The maximum Gasteiger partial charge on any atom is 0.322 e. The first kappa shape index (κ1) is 20.1. The van der Waals surface area contributed by atoms with E-state index in [2.05, 4.69) is 32.2 Å². The average Bonchev–Trinajstić information content (AvgIpc) is 3.16. The Bertz CT molecular complexity index is 842. The van der Waals surface area contributed by atoms with Gasteiger partial charge in [-0.1, -0.05) is 39.0 Å². The first-order valence-corrected chi connectivity index (χ1v) is 9.74. The molecular weight excluding hydrogens is 352 g/mol. The quantitative estimate of drug-likeness (QED) is 0.773. The van der Waals surface area contributed by atoms with E-state index in [9.17, 15) is 4.79 Å². The second-order valence-electron chi connectivity index (χ2n) is 8.19. The molecule has 1 heterocycles. The van der Waals surface area contributed by atoms with Crippen LogP contribution < -0.4 is 14.8 Å². The van der Waals surface area contributed by atoms with Crippen LogP contribution in [-0.4, -0.2) is 31.7 Å². The third kappa shape index (κ3) is 4.08. The molecule has 1 atom stereocenters. The van der Waals surface area contributed by atoms with Crippen molar-refractivity contribution < 1.29 is 14.3 Å². The largest absolute Gasteiger partial charge is 0.497 e. The summed E-state index contributed by atoms with van der Waals surface area (Å²) in [5, 5.41) is 3.14. The molecule has 28 heavy (non-hydrogen) atoms. The maximum atomic E-state index is 13.1. The first-order chi connectivity index (χ1) is 13.3. The summed E-state index contributed by atoms with van der Waals surface area (Å²) in [4.78, 5) is 15.1. The summed E-state index contributed by atoms with van der Waals surface area (Å²) >= 11 is 0. The highest BCUT2D eigenvalue weighted by atomic mass is 16.5. The summed E-state index contributed by atoms with van der Waals surface area (Å²) in [6.45, 7) is 7.18. The number of carbonyl (C=O) groups is 1. The van der Waals surface area contributed by atoms with E-state index in [1.165, 1.54) is 0 Å². The number of methoxy groups -OCH3 is 2. The molecule has 5 heteroatoms. The standard InChI is InChI=1S/C23H30N2O3/c1-23(2,3)18-9-6-7-10-19(18)24-22(26)25-14-8-11-20(25)17-13-12-16(27-4)15-21(17)28-5/h6-7,9-10,12-13,15,20H,8,11,14H2,1-5H3,(H,24,26). The molecule has 3 rings (SSSR count). The summed E-state index contributed by atoms with van der Waals surface area (Å²) < 4.78 is 10.9. The summed E-state index contributed by atoms with van der Waals surface area (Å²) in [6.07, 6.45) is 1.88. The third-order valence-corrected chi connectivity index (χ3v) is 5.29. The fourth-order valence-electron chi connectivity index (χ4n) is 3.86. The van der Waals surface area contributed by atoms with E-state index in [0.29, 0.717) is 0 Å². The van der Waals surface area contributed by atoms with Crippen LogP contribution in [-0.2, 0) is 5.41 Å². The molecular formula is C23H30N2O3. The Hall–Kier alpha value is -2.69. The molecule has 0 bridgehead atoms. The normalized spacial score (nSPS) is 16.8. The minimum absolute atomic E-state index is 0.0114. The van der Waals surface area contributed by atoms with E-state index in [1.54, 1.807) is 14.2 Å². The van der Waals surface area contributed by atoms with Crippen LogP contribution in [0.4, 0.5) is 10.5 Å². The molecule has 1 unspecified atom stereocenters. The number of nitrogens with zero attached hydrogens (tertiary/aromatic N) is 1. The Morgan fingerprint density at radius 3 is 2.54 bits per heavy atom. The van der Waals surface area contributed by atoms with Gasteiger partial charge in [0.25, 0.3) is 0 Å². The van der Waals surface area contributed by atoms with Crippen molar-refractivity contribution in [3.05, 3.63) is 53.6 Å². The summed E-state index contributed by atoms with van der Waals surface area (Å²) in [6, 6.07) is 13.7. The first-order valence-electron chi connectivity index (χ1n) is 9.74. The van der Waals surface area contributed by atoms with Crippen molar-refractivity contribution in [3.63, 3.8) is 0 Å². The van der Waals surface area contributed by atoms with Crippen LogP contribution in [0.5, 0.6) is 11.5 Å². The molecule has 0 spiro atoms. The minimum Gasteiger partial charge on any atom is -0.497 e. The SMILES string of the molecule is COc1ccc(C2CCCN2C(=O)Nc2ccccc2C(C)(C)C)c(OC)c1. The van der Waals surface area contributed by atoms with Crippen molar-refractivity contribution in [1.29, 1.82) is 0 Å². The Morgan fingerprint density at radius 1 is 1.11 bits per heavy atom. The maximum absolute atomic E-state index is 13.1. The van der Waals surface area contributed by atoms with Gasteiger partial charge in [-0.15, -0.1) is 0 Å². The van der Waals surface area contributed by atoms with Crippen molar-refractivity contribution >= 4 is 11.7 Å². The van der Waals surface area contributed by atoms with Gasteiger partial charge in [-0.3, -0.25) is 0 Å². The second-order valence-corrected chi connectivity index (χ2v) is 8.19. The number of amides is 2. The zero-order chi connectivity index (χ0) is 20.3. The van der Waals surface area contributed by atoms with Crippen molar-refractivity contribution in [3.8, 4) is 11.5 Å². The van der Waals surface area contributed by atoms with Crippen LogP contribution in [0.2, 0.25) is 0 Å². The van der Waals surface area contributed by atoms with Crippen LogP contribution in [0, 0.1) is 0 Å². The molecule has 2 amide bonds. The molecule has 2 aromatic carbocycles. The number of nitrogens with one attached hydrogen (secondary N) is 1. The minimum atomic E-state index is -0.0722. The van der Waals surface area contributed by atoms with E-state index < -0.39 is 0 Å². The smallest absolute Gasteiger partial charge is 0.322 e. The number of likely N-dealkylation sites (tertiary alicyclic amines) is 1. The van der Waals surface area contributed by atoms with Gasteiger partial charge in [0, 0.05) is 23.9 Å². The third-order valence-electron chi connectivity index (χ3n) is 5.29. The average molecular weight is 383 g/mol. The lowest BCUT2D eigenvalue weighted by Crippen LogP contribution is -2.35. The van der Waals surface area contributed by atoms with E-state index in [1.807, 2.05) is 41.3 Å². The molecule has 150 valence electrons. The topological polar surface area (TPSA) is 50.8 Å². The monoisotopic (exact) mass is 382 g/mol. The molecule has 0 radical (unpaired) electrons. The Kier molecular flexibility index (Phi) is 5.82. The van der Waals surface area contributed by atoms with Gasteiger partial charge < -0.3 is 19.7 Å². The molecule has 1 N–H and O–H groups in total. The van der Waals surface area contributed by atoms with Crippen molar-refractivity contribution in [1.82, 2.24) is 4.90 Å². The molecule has 0 saturated carbocycles. The van der Waals surface area contributed by atoms with E-state index >= 15 is 0 Å². The van der Waals surface area contributed by atoms with Gasteiger partial charge >= 0.3 is 6.03 Å². The van der Waals surface area contributed by atoms with E-state index in [0.717, 1.165) is 47.7 Å². The fourth-order valence-corrected chi connectivity index (χ4v) is 3.86. The summed E-state index contributed by atoms with van der Waals surface area (Å²) in [7, 11) is 3.29. The molecule has 1 aliphatic rings. The van der Waals surface area contributed by atoms with Crippen LogP contribution in [0.25, 0.3) is 0 Å². The number of para-hydroxylation sites is 1. The molecule has 5 nitrogen and oxygen atoms in total. The Labute approximate surface area is 167 Å². The number of benzene rings is 2. The Balaban J connectivity index is 1.85. The molecule has 0 aliphatic carbocycles. The van der Waals surface area contributed by atoms with Gasteiger partial charge in [0.15, 0.2) is 0 Å². The van der Waals surface area contributed by atoms with Crippen molar-refractivity contribution in [2.75, 3.05) is 26.1 Å². The lowest BCUT2D eigenvalue weighted by atomic mass is 9.86. The predicted octanol–water partition coefficient (Wildman–Crippen LogP) is 5.37. The van der Waals surface area contributed by atoms with Gasteiger partial charge in [-0.25, -0.2) is 4.79 Å². The number of hydrogen-bond donors (Lipinski definition) is 1. The molecule has 1 saturated heterocycles. The molecule has 2 aromatic rings. The highest BCUT2D eigenvalue weighted by Gasteiger charge is 2.32. The lowest BCUT2D eigenvalue weighted by molar-refractivity contribution is 0.206. The number of rotatable bonds is 4. The molecule has 0 aromatic heterocycles. The lowest BCUT2D eigenvalue weighted by Gasteiger charge is -2.28. The van der Waals surface area contributed by atoms with Gasteiger partial charge in [0.05, 0.1) is 20.3 Å². The van der Waals surface area contributed by atoms with E-state index in [-0.39, 0.29) is 17.5 Å². The molecule has 1 aliphatic heterocycles. The van der Waals surface area contributed by atoms with Crippen LogP contribution in [0.15, 0.2) is 42.5 Å². The van der Waals surface area contributed by atoms with Crippen LogP contribution in [0.3, 0.4) is 0 Å². The van der Waals surface area contributed by atoms with Crippen molar-refractivity contribution in [2.24, 2.45) is 0 Å². The highest BCUT2D eigenvalue weighted by Crippen LogP contribution is 2.39. The van der Waals surface area contributed by atoms with Crippen LogP contribution in [0.1, 0.15) is 50.8 Å². The number of hydrogen-bond acceptors (Lipinski definition) is 3. The number of urea groups is 1.